The Morgan fingerprint density at radius 1 is 0.672 bits per heavy atom. The Morgan fingerprint density at radius 3 is 1.85 bits per heavy atom. The number of rotatable bonds is 11. The number of methoxy groups -OCH3 is 2. The highest BCUT2D eigenvalue weighted by molar-refractivity contribution is 5.88. The number of aromatic nitrogens is 4. The summed E-state index contributed by atoms with van der Waals surface area (Å²) in [5, 5.41) is 5.42. The van der Waals surface area contributed by atoms with Gasteiger partial charge in [-0.2, -0.15) is 0 Å². The van der Waals surface area contributed by atoms with Crippen molar-refractivity contribution in [3.05, 3.63) is 120 Å². The first-order chi connectivity index (χ1) is 29.6. The van der Waals surface area contributed by atoms with E-state index in [1.165, 1.54) is 14.2 Å². The largest absolute Gasteiger partial charge is 0.453 e. The molecule has 0 radical (unpaired) electrons. The number of hydrogen-bond acceptors (Lipinski definition) is 8. The molecule has 2 aliphatic heterocycles. The maximum absolute atomic E-state index is 13.9. The van der Waals surface area contributed by atoms with Crippen molar-refractivity contribution in [2.75, 3.05) is 27.3 Å². The van der Waals surface area contributed by atoms with Crippen LogP contribution < -0.4 is 10.6 Å². The number of ether oxygens (including phenoxy) is 2. The highest BCUT2D eigenvalue weighted by atomic mass is 16.5. The number of nitrogens with one attached hydrogen (secondary N) is 4. The molecule has 61 heavy (non-hydrogen) atoms. The highest BCUT2D eigenvalue weighted by Crippen LogP contribution is 2.36. The molecule has 0 aliphatic carbocycles. The minimum atomic E-state index is -0.879. The van der Waals surface area contributed by atoms with Gasteiger partial charge >= 0.3 is 12.2 Å². The number of alkyl carbamates (subject to hydrolysis) is 2. The highest BCUT2D eigenvalue weighted by Gasteiger charge is 2.39. The molecule has 2 fully saturated rings. The summed E-state index contributed by atoms with van der Waals surface area (Å²) in [7, 11) is 2.57. The molecule has 0 bridgehead atoms. The predicted molar refractivity (Wildman–Crippen MR) is 231 cm³/mol. The Bertz CT molecular complexity index is 2520. The number of H-pyrrole nitrogens is 2. The van der Waals surface area contributed by atoms with Gasteiger partial charge in [-0.25, -0.2) is 19.6 Å². The van der Waals surface area contributed by atoms with E-state index in [0.717, 1.165) is 76.1 Å². The van der Waals surface area contributed by atoms with Crippen molar-refractivity contribution in [3.8, 4) is 33.5 Å². The smallest absolute Gasteiger partial charge is 0.407 e. The Kier molecular flexibility index (Phi) is 11.9. The number of fused-ring (bicyclic) bond motifs is 1. The second-order valence-corrected chi connectivity index (χ2v) is 15.9. The maximum Gasteiger partial charge on any atom is 0.407 e. The third-order valence-corrected chi connectivity index (χ3v) is 11.8. The van der Waals surface area contributed by atoms with Crippen LogP contribution in [0.5, 0.6) is 0 Å². The van der Waals surface area contributed by atoms with Gasteiger partial charge in [-0.1, -0.05) is 98.8 Å². The molecule has 314 valence electrons. The van der Waals surface area contributed by atoms with E-state index in [0.29, 0.717) is 24.5 Å². The van der Waals surface area contributed by atoms with Gasteiger partial charge in [-0.15, -0.1) is 0 Å². The third kappa shape index (κ3) is 8.56. The normalized spacial score (nSPS) is 17.3. The molecule has 2 saturated heterocycles. The van der Waals surface area contributed by atoms with E-state index in [9.17, 15) is 19.2 Å². The van der Waals surface area contributed by atoms with Crippen molar-refractivity contribution < 1.29 is 28.7 Å². The summed E-state index contributed by atoms with van der Waals surface area (Å²) < 4.78 is 9.61. The van der Waals surface area contributed by atoms with E-state index in [2.05, 4.69) is 81.3 Å². The lowest BCUT2D eigenvalue weighted by Crippen LogP contribution is -2.51. The van der Waals surface area contributed by atoms with Crippen LogP contribution in [0.3, 0.4) is 0 Å². The summed E-state index contributed by atoms with van der Waals surface area (Å²) in [6, 6.07) is 30.0. The number of amides is 4. The molecule has 6 aromatic rings. The average molecular weight is 823 g/mol. The van der Waals surface area contributed by atoms with Gasteiger partial charge in [0.05, 0.1) is 49.2 Å². The molecule has 0 saturated carbocycles. The van der Waals surface area contributed by atoms with E-state index < -0.39 is 24.3 Å². The van der Waals surface area contributed by atoms with Crippen molar-refractivity contribution in [3.63, 3.8) is 0 Å². The third-order valence-electron chi connectivity index (χ3n) is 11.8. The molecule has 4 atom stereocenters. The van der Waals surface area contributed by atoms with Gasteiger partial charge in [0.1, 0.15) is 23.7 Å². The van der Waals surface area contributed by atoms with E-state index in [1.54, 1.807) is 11.1 Å². The molecule has 0 spiro atoms. The van der Waals surface area contributed by atoms with Crippen LogP contribution in [0.1, 0.15) is 74.9 Å². The summed E-state index contributed by atoms with van der Waals surface area (Å²) in [5.74, 6) is 0.984. The molecular weight excluding hydrogens is 773 g/mol. The Labute approximate surface area is 354 Å². The van der Waals surface area contributed by atoms with Crippen LogP contribution in [-0.4, -0.2) is 87.1 Å². The number of aromatic amines is 2. The molecule has 4 amide bonds. The SMILES string of the molecule is COC(=O)N[C@@H](C(=O)N1CCC[C@H]1c1ncc(-c2ccc(-c3ccc(-c4ccc5nc([C@@H]6CCCN6C(=O)[C@H](NC(=O)OC)C(C)C)[nH]c5c4)cc3)cc2)[nH]1)c1ccccc1. The molecule has 8 rings (SSSR count). The zero-order valence-electron chi connectivity index (χ0n) is 34.7. The van der Waals surface area contributed by atoms with Crippen LogP contribution in [0.2, 0.25) is 0 Å². The first-order valence-corrected chi connectivity index (χ1v) is 20.7. The minimum absolute atomic E-state index is 0.109. The van der Waals surface area contributed by atoms with Crippen LogP contribution in [0.4, 0.5) is 9.59 Å². The molecule has 2 aliphatic rings. The predicted octanol–water partition coefficient (Wildman–Crippen LogP) is 8.09. The van der Waals surface area contributed by atoms with Gasteiger partial charge in [0.2, 0.25) is 5.91 Å². The average Bonchev–Trinajstić information content (AvgIpc) is 4.13. The van der Waals surface area contributed by atoms with Gasteiger partial charge in [0, 0.05) is 13.1 Å². The number of nitrogens with zero attached hydrogens (tertiary/aromatic N) is 4. The Morgan fingerprint density at radius 2 is 1.23 bits per heavy atom. The number of likely N-dealkylation sites (tertiary alicyclic amines) is 2. The lowest BCUT2D eigenvalue weighted by atomic mass is 9.99. The molecule has 14 heteroatoms. The van der Waals surface area contributed by atoms with Gasteiger partial charge in [-0.05, 0) is 77.1 Å². The maximum atomic E-state index is 13.9. The molecule has 4 aromatic carbocycles. The van der Waals surface area contributed by atoms with Gasteiger partial charge < -0.3 is 39.9 Å². The fourth-order valence-electron chi connectivity index (χ4n) is 8.50. The van der Waals surface area contributed by atoms with Crippen LogP contribution in [-0.2, 0) is 19.1 Å². The van der Waals surface area contributed by atoms with Crippen molar-refractivity contribution in [1.29, 1.82) is 0 Å². The summed E-state index contributed by atoms with van der Waals surface area (Å²) in [6.45, 7) is 4.96. The summed E-state index contributed by atoms with van der Waals surface area (Å²) in [4.78, 5) is 71.9. The Balaban J connectivity index is 0.935. The molecular formula is C47H50N8O6. The van der Waals surface area contributed by atoms with E-state index >= 15 is 0 Å². The van der Waals surface area contributed by atoms with Crippen LogP contribution in [0.25, 0.3) is 44.5 Å². The quantitative estimate of drug-likeness (QED) is 0.101. The van der Waals surface area contributed by atoms with E-state index in [4.69, 9.17) is 19.4 Å². The lowest BCUT2D eigenvalue weighted by Gasteiger charge is -2.29. The van der Waals surface area contributed by atoms with Crippen LogP contribution in [0.15, 0.2) is 103 Å². The number of imidazole rings is 2. The monoisotopic (exact) mass is 822 g/mol. The standard InChI is InChI=1S/C47H50N8O6/c1-28(2)40(52-46(58)60-3)44(56)55-25-9-13-39(55)43-49-35-23-22-34(26-36(35)50-43)31-16-14-29(15-17-31)30-18-20-32(21-19-30)37-27-48-42(51-37)38-12-8-24-54(38)45(57)41(53-47(59)61-4)33-10-6-5-7-11-33/h5-7,10-11,14-23,26-28,38-41H,8-9,12-13,24-25H2,1-4H3,(H,48,51)(H,49,50)(H,52,58)(H,53,59)/t38-,39-,40+,41+/m0/s1. The summed E-state index contributed by atoms with van der Waals surface area (Å²) >= 11 is 0. The fraction of sp³-hybridized carbons (Fsp3) is 0.319. The second kappa shape index (κ2) is 17.7. The van der Waals surface area contributed by atoms with Crippen molar-refractivity contribution in [2.45, 2.75) is 63.7 Å². The molecule has 4 N–H and O–H groups in total. The zero-order chi connectivity index (χ0) is 42.6. The molecule has 4 heterocycles. The van der Waals surface area contributed by atoms with Crippen LogP contribution in [0, 0.1) is 5.92 Å². The van der Waals surface area contributed by atoms with Crippen molar-refractivity contribution in [1.82, 2.24) is 40.4 Å². The molecule has 14 nitrogen and oxygen atoms in total. The first-order valence-electron chi connectivity index (χ1n) is 20.7. The number of hydrogen-bond donors (Lipinski definition) is 4. The lowest BCUT2D eigenvalue weighted by molar-refractivity contribution is -0.135. The number of carbonyl (C=O) groups is 4. The van der Waals surface area contributed by atoms with Gasteiger partial charge in [0.25, 0.3) is 5.91 Å². The van der Waals surface area contributed by atoms with Crippen LogP contribution >= 0.6 is 0 Å². The topological polar surface area (TPSA) is 175 Å². The van der Waals surface area contributed by atoms with Gasteiger partial charge in [0.15, 0.2) is 0 Å². The molecule has 2 aromatic heterocycles. The van der Waals surface area contributed by atoms with E-state index in [1.807, 2.05) is 55.1 Å². The first kappa shape index (κ1) is 40.8. The minimum Gasteiger partial charge on any atom is -0.453 e. The van der Waals surface area contributed by atoms with Crippen molar-refractivity contribution >= 4 is 35.0 Å². The number of benzene rings is 4. The van der Waals surface area contributed by atoms with E-state index in [-0.39, 0.29) is 29.8 Å². The second-order valence-electron chi connectivity index (χ2n) is 15.9. The fourth-order valence-corrected chi connectivity index (χ4v) is 8.50. The molecule has 0 unspecified atom stereocenters. The van der Waals surface area contributed by atoms with Gasteiger partial charge in [-0.3, -0.25) is 9.59 Å². The Hall–Kier alpha value is -6.96. The van der Waals surface area contributed by atoms with Crippen molar-refractivity contribution in [2.24, 2.45) is 5.92 Å². The number of carbonyl (C=O) groups excluding carboxylic acids is 4. The zero-order valence-corrected chi connectivity index (χ0v) is 34.7. The summed E-state index contributed by atoms with van der Waals surface area (Å²) in [5.41, 5.74) is 8.46. The summed E-state index contributed by atoms with van der Waals surface area (Å²) in [6.07, 6.45) is 3.71.